The minimum atomic E-state index is -2.56. The monoisotopic (exact) mass is 314 g/mol. The summed E-state index contributed by atoms with van der Waals surface area (Å²) in [5.74, 6) is 0. The third-order valence-electron chi connectivity index (χ3n) is 2.72. The molecule has 0 aliphatic heterocycles. The van der Waals surface area contributed by atoms with Gasteiger partial charge in [0.2, 0.25) is 5.28 Å². The Hall–Kier alpha value is -1.79. The average molecular weight is 315 g/mol. The van der Waals surface area contributed by atoms with Gasteiger partial charge in [-0.25, -0.2) is 18.4 Å². The summed E-state index contributed by atoms with van der Waals surface area (Å²) in [6.07, 6.45) is -1.10. The van der Waals surface area contributed by atoms with Crippen molar-refractivity contribution < 1.29 is 8.78 Å². The van der Waals surface area contributed by atoms with E-state index in [0.717, 1.165) is 0 Å². The van der Waals surface area contributed by atoms with Crippen molar-refractivity contribution in [3.8, 4) is 5.69 Å². The molecule has 1 aromatic carbocycles. The molecule has 102 valence electrons. The van der Waals surface area contributed by atoms with Gasteiger partial charge in [-0.15, -0.1) is 0 Å². The van der Waals surface area contributed by atoms with Crippen molar-refractivity contribution >= 4 is 34.2 Å². The van der Waals surface area contributed by atoms with Crippen LogP contribution in [-0.4, -0.2) is 19.7 Å². The Balaban J connectivity index is 2.22. The van der Waals surface area contributed by atoms with Gasteiger partial charge in [0.15, 0.2) is 5.65 Å². The molecule has 20 heavy (non-hydrogen) atoms. The molecule has 0 fully saturated rings. The highest BCUT2D eigenvalue weighted by Crippen LogP contribution is 2.26. The van der Waals surface area contributed by atoms with Crippen LogP contribution in [0, 0.1) is 0 Å². The first-order valence-corrected chi connectivity index (χ1v) is 6.27. The van der Waals surface area contributed by atoms with Gasteiger partial charge in [0.25, 0.3) is 6.43 Å². The molecule has 0 amide bonds. The van der Waals surface area contributed by atoms with E-state index in [0.29, 0.717) is 16.7 Å². The van der Waals surface area contributed by atoms with Crippen molar-refractivity contribution in [1.29, 1.82) is 0 Å². The molecule has 0 spiro atoms. The van der Waals surface area contributed by atoms with Gasteiger partial charge in [0.1, 0.15) is 5.15 Å². The van der Waals surface area contributed by atoms with E-state index in [1.165, 1.54) is 29.1 Å². The Morgan fingerprint density at radius 2 is 1.95 bits per heavy atom. The van der Waals surface area contributed by atoms with Gasteiger partial charge in [-0.05, 0) is 23.7 Å². The molecule has 0 unspecified atom stereocenters. The normalized spacial score (nSPS) is 11.4. The number of halogens is 4. The summed E-state index contributed by atoms with van der Waals surface area (Å²) >= 11 is 11.7. The number of fused-ring (bicyclic) bond motifs is 1. The summed E-state index contributed by atoms with van der Waals surface area (Å²) in [7, 11) is 0. The lowest BCUT2D eigenvalue weighted by Crippen LogP contribution is -1.99. The number of alkyl halides is 2. The van der Waals surface area contributed by atoms with Crippen LogP contribution in [0.5, 0.6) is 0 Å². The molecule has 0 bridgehead atoms. The number of rotatable bonds is 2. The highest BCUT2D eigenvalue weighted by atomic mass is 35.5. The third kappa shape index (κ3) is 2.21. The van der Waals surface area contributed by atoms with Crippen molar-refractivity contribution in [2.75, 3.05) is 0 Å². The van der Waals surface area contributed by atoms with Gasteiger partial charge in [0.05, 0.1) is 17.3 Å². The lowest BCUT2D eigenvalue weighted by Gasteiger charge is -2.05. The van der Waals surface area contributed by atoms with Crippen LogP contribution in [0.25, 0.3) is 16.7 Å². The van der Waals surface area contributed by atoms with Crippen molar-refractivity contribution in [2.24, 2.45) is 0 Å². The summed E-state index contributed by atoms with van der Waals surface area (Å²) in [6.45, 7) is 0. The zero-order valence-electron chi connectivity index (χ0n) is 9.76. The van der Waals surface area contributed by atoms with E-state index in [-0.39, 0.29) is 16.0 Å². The molecule has 4 nitrogen and oxygen atoms in total. The number of hydrogen-bond donors (Lipinski definition) is 0. The standard InChI is InChI=1S/C12H6Cl2F2N4/c13-9-8-5-17-20(11(8)19-12(14)18-9)7-3-1-2-6(4-7)10(15)16/h1-5,10H. The van der Waals surface area contributed by atoms with Crippen molar-refractivity contribution in [3.63, 3.8) is 0 Å². The Labute approximate surface area is 122 Å². The molecule has 0 N–H and O–H groups in total. The van der Waals surface area contributed by atoms with E-state index < -0.39 is 6.43 Å². The average Bonchev–Trinajstić information content (AvgIpc) is 2.82. The van der Waals surface area contributed by atoms with Gasteiger partial charge in [0, 0.05) is 5.56 Å². The second-order valence-corrected chi connectivity index (χ2v) is 4.67. The predicted octanol–water partition coefficient (Wildman–Crippen LogP) is 4.06. The van der Waals surface area contributed by atoms with Crippen LogP contribution in [-0.2, 0) is 0 Å². The quantitative estimate of drug-likeness (QED) is 0.529. The van der Waals surface area contributed by atoms with E-state index in [1.807, 2.05) is 0 Å². The van der Waals surface area contributed by atoms with Gasteiger partial charge in [-0.1, -0.05) is 23.7 Å². The minimum absolute atomic E-state index is 0.0331. The number of aromatic nitrogens is 4. The fourth-order valence-corrected chi connectivity index (χ4v) is 2.25. The van der Waals surface area contributed by atoms with E-state index >= 15 is 0 Å². The largest absolute Gasteiger partial charge is 0.263 e. The van der Waals surface area contributed by atoms with Crippen LogP contribution in [0.3, 0.4) is 0 Å². The van der Waals surface area contributed by atoms with Gasteiger partial charge >= 0.3 is 0 Å². The SMILES string of the molecule is FC(F)c1cccc(-n2ncc3c(Cl)nc(Cl)nc32)c1. The Morgan fingerprint density at radius 3 is 2.70 bits per heavy atom. The van der Waals surface area contributed by atoms with E-state index in [4.69, 9.17) is 23.2 Å². The Bertz CT molecular complexity index is 788. The van der Waals surface area contributed by atoms with Crippen molar-refractivity contribution in [3.05, 3.63) is 46.5 Å². The number of benzene rings is 1. The Kier molecular flexibility index (Phi) is 3.27. The lowest BCUT2D eigenvalue weighted by molar-refractivity contribution is 0.151. The van der Waals surface area contributed by atoms with E-state index in [1.54, 1.807) is 6.07 Å². The fourth-order valence-electron chi connectivity index (χ4n) is 1.83. The van der Waals surface area contributed by atoms with E-state index in [9.17, 15) is 8.78 Å². The second kappa shape index (κ2) is 4.96. The molecule has 0 aliphatic rings. The first kappa shape index (κ1) is 13.2. The highest BCUT2D eigenvalue weighted by molar-refractivity contribution is 6.35. The second-order valence-electron chi connectivity index (χ2n) is 3.97. The van der Waals surface area contributed by atoms with Crippen LogP contribution in [0.1, 0.15) is 12.0 Å². The maximum Gasteiger partial charge on any atom is 0.263 e. The molecule has 0 saturated heterocycles. The molecule has 3 aromatic rings. The van der Waals surface area contributed by atoms with Gasteiger partial charge < -0.3 is 0 Å². The van der Waals surface area contributed by atoms with Crippen molar-refractivity contribution in [1.82, 2.24) is 19.7 Å². The summed E-state index contributed by atoms with van der Waals surface area (Å²) in [5, 5.41) is 4.72. The zero-order valence-corrected chi connectivity index (χ0v) is 11.3. The summed E-state index contributed by atoms with van der Waals surface area (Å²) in [4.78, 5) is 7.83. The lowest BCUT2D eigenvalue weighted by atomic mass is 10.2. The predicted molar refractivity (Wildman–Crippen MR) is 71.6 cm³/mol. The summed E-state index contributed by atoms with van der Waals surface area (Å²) < 4.78 is 26.9. The smallest absolute Gasteiger partial charge is 0.215 e. The molecule has 2 aromatic heterocycles. The first-order valence-electron chi connectivity index (χ1n) is 5.51. The minimum Gasteiger partial charge on any atom is -0.215 e. The molecule has 0 atom stereocenters. The van der Waals surface area contributed by atoms with Gasteiger partial charge in [-0.3, -0.25) is 0 Å². The number of hydrogen-bond acceptors (Lipinski definition) is 3. The maximum absolute atomic E-state index is 12.7. The molecule has 0 saturated carbocycles. The molecule has 2 heterocycles. The Morgan fingerprint density at radius 1 is 1.15 bits per heavy atom. The molecule has 0 radical (unpaired) electrons. The molecule has 3 rings (SSSR count). The summed E-state index contributed by atoms with van der Waals surface area (Å²) in [5.41, 5.74) is 0.711. The van der Waals surface area contributed by atoms with Crippen molar-refractivity contribution in [2.45, 2.75) is 6.43 Å². The maximum atomic E-state index is 12.7. The van der Waals surface area contributed by atoms with Gasteiger partial charge in [-0.2, -0.15) is 10.1 Å². The highest BCUT2D eigenvalue weighted by Gasteiger charge is 2.14. The topological polar surface area (TPSA) is 43.6 Å². The van der Waals surface area contributed by atoms with Crippen LogP contribution in [0.2, 0.25) is 10.4 Å². The first-order chi connectivity index (χ1) is 9.56. The molecule has 8 heteroatoms. The van der Waals surface area contributed by atoms with Crippen LogP contribution < -0.4 is 0 Å². The number of nitrogens with zero attached hydrogens (tertiary/aromatic N) is 4. The van der Waals surface area contributed by atoms with Crippen LogP contribution in [0.4, 0.5) is 8.78 Å². The molecular formula is C12H6Cl2F2N4. The summed E-state index contributed by atoms with van der Waals surface area (Å²) in [6, 6.07) is 5.84. The molecular weight excluding hydrogens is 309 g/mol. The fraction of sp³-hybridized carbons (Fsp3) is 0.0833. The third-order valence-corrected chi connectivity index (χ3v) is 3.18. The molecule has 0 aliphatic carbocycles. The van der Waals surface area contributed by atoms with Crippen LogP contribution >= 0.6 is 23.2 Å². The van der Waals surface area contributed by atoms with Crippen LogP contribution in [0.15, 0.2) is 30.5 Å². The van der Waals surface area contributed by atoms with E-state index in [2.05, 4.69) is 15.1 Å². The zero-order chi connectivity index (χ0) is 14.3.